The molecule has 3 aromatic rings. The lowest BCUT2D eigenvalue weighted by Gasteiger charge is -2.19. The Balaban J connectivity index is 0.00000124. The molecule has 1 aliphatic carbocycles. The number of nitrogens with zero attached hydrogens (tertiary/aromatic N) is 2. The summed E-state index contributed by atoms with van der Waals surface area (Å²) in [6, 6.07) is 19.3. The van der Waals surface area contributed by atoms with Crippen molar-refractivity contribution >= 4 is 28.1 Å². The minimum absolute atomic E-state index is 1.05. The van der Waals surface area contributed by atoms with Gasteiger partial charge in [0.05, 0.1) is 5.52 Å². The van der Waals surface area contributed by atoms with Crippen LogP contribution in [0.4, 0.5) is 0 Å². The first-order valence-electron chi connectivity index (χ1n) is 11.4. The number of allylic oxidation sites excluding steroid dienone is 2. The monoisotopic (exact) mass is 398 g/mol. The van der Waals surface area contributed by atoms with Gasteiger partial charge in [-0.15, -0.1) is 0 Å². The summed E-state index contributed by atoms with van der Waals surface area (Å²) in [5.74, 6) is 0. The predicted octanol–water partition coefficient (Wildman–Crippen LogP) is 7.32. The molecule has 0 saturated carbocycles. The maximum atomic E-state index is 4.50. The van der Waals surface area contributed by atoms with E-state index in [0.717, 1.165) is 25.0 Å². The molecule has 0 spiro atoms. The quantitative estimate of drug-likeness (QED) is 0.414. The van der Waals surface area contributed by atoms with Crippen LogP contribution >= 0.6 is 0 Å². The molecule has 0 amide bonds. The topological polar surface area (TPSA) is 16.1 Å². The fourth-order valence-electron chi connectivity index (χ4n) is 4.12. The molecule has 1 heterocycles. The number of rotatable bonds is 7. The number of fused-ring (bicyclic) bond motifs is 2. The fourth-order valence-corrected chi connectivity index (χ4v) is 4.12. The van der Waals surface area contributed by atoms with Crippen LogP contribution < -0.4 is 0 Å². The van der Waals surface area contributed by atoms with Gasteiger partial charge in [-0.1, -0.05) is 76.2 Å². The van der Waals surface area contributed by atoms with E-state index < -0.39 is 0 Å². The maximum Gasteiger partial charge on any atom is 0.0707 e. The molecule has 2 aromatic carbocycles. The molecule has 30 heavy (non-hydrogen) atoms. The number of aromatic nitrogens is 1. The van der Waals surface area contributed by atoms with Gasteiger partial charge in [0.25, 0.3) is 0 Å². The van der Waals surface area contributed by atoms with Gasteiger partial charge in [-0.05, 0) is 72.0 Å². The van der Waals surface area contributed by atoms with Crippen LogP contribution in [0.2, 0.25) is 0 Å². The SMILES string of the molecule is CC.CCCN(CC)CCC1=C/C(=C\c2ccnc3ccccc23)c2ccccc21. The number of hydrogen-bond donors (Lipinski definition) is 0. The smallest absolute Gasteiger partial charge is 0.0707 e. The molecule has 0 saturated heterocycles. The lowest BCUT2D eigenvalue weighted by Crippen LogP contribution is -2.25. The predicted molar refractivity (Wildman–Crippen MR) is 132 cm³/mol. The molecule has 0 bridgehead atoms. The van der Waals surface area contributed by atoms with Crippen molar-refractivity contribution in [1.29, 1.82) is 0 Å². The third-order valence-electron chi connectivity index (χ3n) is 5.59. The van der Waals surface area contributed by atoms with Crippen LogP contribution in [0.5, 0.6) is 0 Å². The van der Waals surface area contributed by atoms with E-state index >= 15 is 0 Å². The minimum Gasteiger partial charge on any atom is -0.303 e. The molecule has 1 aromatic heterocycles. The van der Waals surface area contributed by atoms with Crippen LogP contribution in [0.25, 0.3) is 28.1 Å². The van der Waals surface area contributed by atoms with Crippen molar-refractivity contribution in [3.8, 4) is 0 Å². The van der Waals surface area contributed by atoms with Gasteiger partial charge in [-0.25, -0.2) is 0 Å². The summed E-state index contributed by atoms with van der Waals surface area (Å²) in [5.41, 5.74) is 7.77. The van der Waals surface area contributed by atoms with E-state index in [4.69, 9.17) is 0 Å². The molecule has 0 fully saturated rings. The van der Waals surface area contributed by atoms with Crippen LogP contribution in [0.15, 0.2) is 66.9 Å². The molecule has 0 radical (unpaired) electrons. The van der Waals surface area contributed by atoms with Crippen LogP contribution in [-0.4, -0.2) is 29.5 Å². The van der Waals surface area contributed by atoms with Gasteiger partial charge in [0.2, 0.25) is 0 Å². The van der Waals surface area contributed by atoms with Gasteiger partial charge in [0, 0.05) is 18.1 Å². The number of pyridine rings is 1. The second kappa shape index (κ2) is 10.9. The summed E-state index contributed by atoms with van der Waals surface area (Å²) < 4.78 is 0. The molecule has 4 rings (SSSR count). The standard InChI is InChI=1S/C26H28N2.C2H6/c1-3-16-28(4-2)17-14-21-19-22(24-10-6-5-9-23(21)24)18-20-13-15-27-26-12-8-7-11-25(20)26;1-2/h5-13,15,18-19H,3-4,14,16-17H2,1-2H3;1-2H3/b22-18+;. The van der Waals surface area contributed by atoms with E-state index in [1.807, 2.05) is 26.1 Å². The Morgan fingerprint density at radius 1 is 0.867 bits per heavy atom. The zero-order valence-corrected chi connectivity index (χ0v) is 18.9. The highest BCUT2D eigenvalue weighted by Gasteiger charge is 2.18. The average molecular weight is 399 g/mol. The first-order chi connectivity index (χ1) is 14.8. The Morgan fingerprint density at radius 2 is 1.60 bits per heavy atom. The molecule has 1 aliphatic rings. The van der Waals surface area contributed by atoms with E-state index in [2.05, 4.69) is 84.4 Å². The van der Waals surface area contributed by atoms with Crippen LogP contribution in [0.1, 0.15) is 57.2 Å². The molecule has 2 nitrogen and oxygen atoms in total. The second-order valence-corrected chi connectivity index (χ2v) is 7.42. The van der Waals surface area contributed by atoms with Gasteiger partial charge in [-0.3, -0.25) is 4.98 Å². The molecular weight excluding hydrogens is 364 g/mol. The molecule has 0 aliphatic heterocycles. The summed E-state index contributed by atoms with van der Waals surface area (Å²) >= 11 is 0. The van der Waals surface area contributed by atoms with E-state index in [9.17, 15) is 0 Å². The van der Waals surface area contributed by atoms with Crippen molar-refractivity contribution in [1.82, 2.24) is 9.88 Å². The minimum atomic E-state index is 1.05. The van der Waals surface area contributed by atoms with Gasteiger partial charge in [0.15, 0.2) is 0 Å². The Morgan fingerprint density at radius 3 is 2.37 bits per heavy atom. The third-order valence-corrected chi connectivity index (χ3v) is 5.59. The van der Waals surface area contributed by atoms with Crippen LogP contribution in [0, 0.1) is 0 Å². The van der Waals surface area contributed by atoms with E-state index in [-0.39, 0.29) is 0 Å². The highest BCUT2D eigenvalue weighted by atomic mass is 15.1. The van der Waals surface area contributed by atoms with Gasteiger partial charge in [-0.2, -0.15) is 0 Å². The van der Waals surface area contributed by atoms with Crippen molar-refractivity contribution < 1.29 is 0 Å². The summed E-state index contributed by atoms with van der Waals surface area (Å²) in [6.07, 6.45) is 8.92. The summed E-state index contributed by atoms with van der Waals surface area (Å²) in [4.78, 5) is 7.04. The summed E-state index contributed by atoms with van der Waals surface area (Å²) in [6.45, 7) is 11.9. The first kappa shape index (κ1) is 22.0. The largest absolute Gasteiger partial charge is 0.303 e. The number of para-hydroxylation sites is 1. The van der Waals surface area contributed by atoms with Gasteiger partial charge < -0.3 is 4.90 Å². The summed E-state index contributed by atoms with van der Waals surface area (Å²) in [5, 5.41) is 1.21. The zero-order valence-electron chi connectivity index (χ0n) is 18.9. The third kappa shape index (κ3) is 4.88. The Bertz CT molecular complexity index is 1020. The maximum absolute atomic E-state index is 4.50. The van der Waals surface area contributed by atoms with Gasteiger partial charge >= 0.3 is 0 Å². The van der Waals surface area contributed by atoms with E-state index in [1.165, 1.54) is 46.2 Å². The Hall–Kier alpha value is -2.71. The van der Waals surface area contributed by atoms with Crippen molar-refractivity contribution in [2.45, 2.75) is 40.5 Å². The van der Waals surface area contributed by atoms with Crippen LogP contribution in [-0.2, 0) is 0 Å². The van der Waals surface area contributed by atoms with E-state index in [1.54, 1.807) is 0 Å². The Labute approximate surface area is 182 Å². The highest BCUT2D eigenvalue weighted by Crippen LogP contribution is 2.38. The lowest BCUT2D eigenvalue weighted by molar-refractivity contribution is 0.296. The number of hydrogen-bond acceptors (Lipinski definition) is 2. The second-order valence-electron chi connectivity index (χ2n) is 7.42. The molecular formula is C28H34N2. The van der Waals surface area contributed by atoms with Crippen molar-refractivity contribution in [3.05, 3.63) is 83.6 Å². The zero-order chi connectivity index (χ0) is 21.3. The Kier molecular flexibility index (Phi) is 7.98. The van der Waals surface area contributed by atoms with Crippen molar-refractivity contribution in [2.24, 2.45) is 0 Å². The molecule has 2 heteroatoms. The van der Waals surface area contributed by atoms with E-state index in [0.29, 0.717) is 0 Å². The average Bonchev–Trinajstić information content (AvgIpc) is 3.16. The molecule has 0 N–H and O–H groups in total. The van der Waals surface area contributed by atoms with Crippen LogP contribution in [0.3, 0.4) is 0 Å². The molecule has 0 unspecified atom stereocenters. The summed E-state index contributed by atoms with van der Waals surface area (Å²) in [7, 11) is 0. The first-order valence-corrected chi connectivity index (χ1v) is 11.4. The van der Waals surface area contributed by atoms with Crippen molar-refractivity contribution in [2.75, 3.05) is 19.6 Å². The lowest BCUT2D eigenvalue weighted by atomic mass is 10.0. The molecule has 0 atom stereocenters. The fraction of sp³-hybridized carbons (Fsp3) is 0.321. The normalized spacial score (nSPS) is 13.9. The van der Waals surface area contributed by atoms with Crippen molar-refractivity contribution in [3.63, 3.8) is 0 Å². The number of benzene rings is 2. The highest BCUT2D eigenvalue weighted by molar-refractivity contribution is 6.04. The van der Waals surface area contributed by atoms with Gasteiger partial charge in [0.1, 0.15) is 0 Å². The molecule has 156 valence electrons.